The Balaban J connectivity index is 1.24. The first-order valence-corrected chi connectivity index (χ1v) is 12.6. The van der Waals surface area contributed by atoms with Crippen LogP contribution in [0.5, 0.6) is 11.5 Å². The van der Waals surface area contributed by atoms with Gasteiger partial charge in [-0.3, -0.25) is 9.69 Å². The number of nitrogens with one attached hydrogen (secondary N) is 1. The first kappa shape index (κ1) is 24.6. The van der Waals surface area contributed by atoms with Gasteiger partial charge in [-0.1, -0.05) is 6.07 Å². The number of carbonyl (C=O) groups is 2. The van der Waals surface area contributed by atoms with Crippen molar-refractivity contribution < 1.29 is 23.8 Å². The molecule has 4 rings (SSSR count). The van der Waals surface area contributed by atoms with E-state index in [2.05, 4.69) is 16.3 Å². The summed E-state index contributed by atoms with van der Waals surface area (Å²) in [6, 6.07) is 4.26. The number of ether oxygens (including phenoxy) is 3. The smallest absolute Gasteiger partial charge is 0.409 e. The summed E-state index contributed by atoms with van der Waals surface area (Å²) in [5, 5.41) is 3.27. The number of carbonyl (C=O) groups excluding carboxylic acids is 2. The Bertz CT molecular complexity index is 889. The average molecular weight is 474 g/mol. The second-order valence-corrected chi connectivity index (χ2v) is 9.95. The average Bonchev–Trinajstić information content (AvgIpc) is 3.55. The quantitative estimate of drug-likeness (QED) is 0.654. The van der Waals surface area contributed by atoms with Crippen molar-refractivity contribution in [1.82, 2.24) is 15.1 Å². The van der Waals surface area contributed by atoms with E-state index in [4.69, 9.17) is 14.2 Å². The van der Waals surface area contributed by atoms with Crippen molar-refractivity contribution in [2.75, 3.05) is 47.0 Å². The number of rotatable bonds is 7. The predicted molar refractivity (Wildman–Crippen MR) is 129 cm³/mol. The Morgan fingerprint density at radius 2 is 1.79 bits per heavy atom. The molecular weight excluding hydrogens is 434 g/mol. The first-order chi connectivity index (χ1) is 16.4. The van der Waals surface area contributed by atoms with Crippen LogP contribution in [0.25, 0.3) is 0 Å². The number of hydrogen-bond acceptors (Lipinski definition) is 6. The van der Waals surface area contributed by atoms with Gasteiger partial charge in [0.25, 0.3) is 0 Å². The molecule has 1 N–H and O–H groups in total. The van der Waals surface area contributed by atoms with Gasteiger partial charge < -0.3 is 24.4 Å². The van der Waals surface area contributed by atoms with Crippen molar-refractivity contribution in [2.45, 2.75) is 58.5 Å². The van der Waals surface area contributed by atoms with Crippen LogP contribution in [0.1, 0.15) is 50.2 Å². The lowest BCUT2D eigenvalue weighted by Crippen LogP contribution is -2.47. The van der Waals surface area contributed by atoms with Gasteiger partial charge in [-0.15, -0.1) is 0 Å². The Hall–Kier alpha value is -2.48. The van der Waals surface area contributed by atoms with Gasteiger partial charge >= 0.3 is 6.09 Å². The summed E-state index contributed by atoms with van der Waals surface area (Å²) in [6.45, 7) is 8.36. The Morgan fingerprint density at radius 1 is 1.09 bits per heavy atom. The van der Waals surface area contributed by atoms with Crippen LogP contribution >= 0.6 is 0 Å². The molecule has 34 heavy (non-hydrogen) atoms. The molecule has 1 spiro atoms. The number of piperidine rings is 2. The van der Waals surface area contributed by atoms with Crippen molar-refractivity contribution >= 4 is 12.0 Å². The van der Waals surface area contributed by atoms with E-state index >= 15 is 0 Å². The zero-order chi connectivity index (χ0) is 24.3. The van der Waals surface area contributed by atoms with E-state index in [0.29, 0.717) is 19.7 Å². The summed E-state index contributed by atoms with van der Waals surface area (Å²) in [7, 11) is 3.39. The molecule has 8 nitrogen and oxygen atoms in total. The Labute approximate surface area is 202 Å². The molecule has 0 unspecified atom stereocenters. The highest BCUT2D eigenvalue weighted by atomic mass is 16.6. The highest BCUT2D eigenvalue weighted by Gasteiger charge is 2.58. The molecule has 1 aromatic carbocycles. The summed E-state index contributed by atoms with van der Waals surface area (Å²) >= 11 is 0. The zero-order valence-corrected chi connectivity index (χ0v) is 21.0. The maximum absolute atomic E-state index is 13.0. The van der Waals surface area contributed by atoms with Crippen LogP contribution in [0.2, 0.25) is 0 Å². The van der Waals surface area contributed by atoms with Gasteiger partial charge in [0.05, 0.1) is 20.8 Å². The molecule has 3 aliphatic rings. The molecule has 1 atom stereocenters. The van der Waals surface area contributed by atoms with E-state index in [1.807, 2.05) is 19.9 Å². The Kier molecular flexibility index (Phi) is 7.55. The lowest BCUT2D eigenvalue weighted by Gasteiger charge is -2.34. The molecule has 0 aromatic heterocycles. The van der Waals surface area contributed by atoms with Gasteiger partial charge in [-0.25, -0.2) is 4.79 Å². The number of methoxy groups -OCH3 is 2. The molecule has 1 aliphatic carbocycles. The molecule has 1 aromatic rings. The standard InChI is InChI=1S/C26H39N3O5/c1-5-34-25(31)29-12-8-20(9-13-29)27-24(30)21-16-26(21)10-14-28(15-11-26)17-19-6-7-22(32-3)18(2)23(19)33-4/h6-7,20-21H,5,8-17H2,1-4H3,(H,27,30)/t21-/m1/s1. The van der Waals surface area contributed by atoms with E-state index in [-0.39, 0.29) is 29.4 Å². The molecule has 2 aliphatic heterocycles. The molecule has 0 radical (unpaired) electrons. The fraction of sp³-hybridized carbons (Fsp3) is 0.692. The highest BCUT2D eigenvalue weighted by molar-refractivity contribution is 5.83. The molecule has 2 saturated heterocycles. The van der Waals surface area contributed by atoms with E-state index in [9.17, 15) is 9.59 Å². The first-order valence-electron chi connectivity index (χ1n) is 12.6. The summed E-state index contributed by atoms with van der Waals surface area (Å²) in [6.07, 6.45) is 4.46. The van der Waals surface area contributed by atoms with Crippen LogP contribution in [-0.4, -0.2) is 74.8 Å². The van der Waals surface area contributed by atoms with Crippen LogP contribution in [0.15, 0.2) is 12.1 Å². The van der Waals surface area contributed by atoms with Gasteiger partial charge in [0, 0.05) is 42.7 Å². The SMILES string of the molecule is CCOC(=O)N1CCC(NC(=O)[C@H]2CC23CCN(Cc2ccc(OC)c(C)c2OC)CC3)CC1. The minimum atomic E-state index is -0.248. The molecule has 8 heteroatoms. The summed E-state index contributed by atoms with van der Waals surface area (Å²) in [4.78, 5) is 29.0. The van der Waals surface area contributed by atoms with E-state index in [1.165, 1.54) is 5.56 Å². The molecule has 1 saturated carbocycles. The molecule has 188 valence electrons. The van der Waals surface area contributed by atoms with E-state index in [1.54, 1.807) is 19.1 Å². The second kappa shape index (κ2) is 10.4. The maximum Gasteiger partial charge on any atom is 0.409 e. The zero-order valence-electron chi connectivity index (χ0n) is 21.0. The molecule has 3 fully saturated rings. The lowest BCUT2D eigenvalue weighted by molar-refractivity contribution is -0.124. The predicted octanol–water partition coefficient (Wildman–Crippen LogP) is 3.35. The fourth-order valence-electron chi connectivity index (χ4n) is 5.75. The number of hydrogen-bond donors (Lipinski definition) is 1. The number of nitrogens with zero attached hydrogens (tertiary/aromatic N) is 2. The summed E-state index contributed by atoms with van der Waals surface area (Å²) < 4.78 is 16.2. The van der Waals surface area contributed by atoms with Crippen LogP contribution in [0.4, 0.5) is 4.79 Å². The van der Waals surface area contributed by atoms with Crippen molar-refractivity contribution in [3.05, 3.63) is 23.3 Å². The van der Waals surface area contributed by atoms with Crippen LogP contribution in [0, 0.1) is 18.3 Å². The number of likely N-dealkylation sites (tertiary alicyclic amines) is 2. The van der Waals surface area contributed by atoms with Gasteiger partial charge in [0.2, 0.25) is 5.91 Å². The van der Waals surface area contributed by atoms with Gasteiger partial charge in [0.15, 0.2) is 0 Å². The molecule has 0 bridgehead atoms. The molecular formula is C26H39N3O5. The van der Waals surface area contributed by atoms with E-state index < -0.39 is 0 Å². The highest BCUT2D eigenvalue weighted by Crippen LogP contribution is 2.59. The van der Waals surface area contributed by atoms with Crippen molar-refractivity contribution in [2.24, 2.45) is 11.3 Å². The third-order valence-electron chi connectivity index (χ3n) is 7.98. The molecule has 2 amide bonds. The number of amides is 2. The van der Waals surface area contributed by atoms with Crippen LogP contribution < -0.4 is 14.8 Å². The monoisotopic (exact) mass is 473 g/mol. The topological polar surface area (TPSA) is 80.3 Å². The molecule has 2 heterocycles. The minimum Gasteiger partial charge on any atom is -0.496 e. The second-order valence-electron chi connectivity index (χ2n) is 9.95. The van der Waals surface area contributed by atoms with E-state index in [0.717, 1.165) is 68.8 Å². The Morgan fingerprint density at radius 3 is 2.41 bits per heavy atom. The van der Waals surface area contributed by atoms with Crippen LogP contribution in [0.3, 0.4) is 0 Å². The van der Waals surface area contributed by atoms with Crippen molar-refractivity contribution in [1.29, 1.82) is 0 Å². The minimum absolute atomic E-state index is 0.135. The summed E-state index contributed by atoms with van der Waals surface area (Å²) in [5.74, 6) is 2.08. The normalized spacial score (nSPS) is 22.4. The lowest BCUT2D eigenvalue weighted by atomic mass is 9.90. The summed E-state index contributed by atoms with van der Waals surface area (Å²) in [5.41, 5.74) is 2.38. The number of benzene rings is 1. The van der Waals surface area contributed by atoms with Gasteiger partial charge in [-0.2, -0.15) is 0 Å². The maximum atomic E-state index is 13.0. The van der Waals surface area contributed by atoms with Crippen molar-refractivity contribution in [3.63, 3.8) is 0 Å². The fourth-order valence-corrected chi connectivity index (χ4v) is 5.75. The third kappa shape index (κ3) is 5.11. The van der Waals surface area contributed by atoms with Crippen LogP contribution in [-0.2, 0) is 16.1 Å². The third-order valence-corrected chi connectivity index (χ3v) is 7.98. The van der Waals surface area contributed by atoms with Gasteiger partial charge in [-0.05, 0) is 70.5 Å². The largest absolute Gasteiger partial charge is 0.496 e. The van der Waals surface area contributed by atoms with Gasteiger partial charge in [0.1, 0.15) is 11.5 Å². The van der Waals surface area contributed by atoms with Crippen molar-refractivity contribution in [3.8, 4) is 11.5 Å².